The first kappa shape index (κ1) is 18.0. The van der Waals surface area contributed by atoms with Gasteiger partial charge in [0, 0.05) is 28.4 Å². The van der Waals surface area contributed by atoms with Crippen molar-refractivity contribution < 1.29 is 9.59 Å². The lowest BCUT2D eigenvalue weighted by Gasteiger charge is -2.08. The van der Waals surface area contributed by atoms with E-state index in [9.17, 15) is 9.59 Å². The van der Waals surface area contributed by atoms with Gasteiger partial charge in [-0.15, -0.1) is 0 Å². The average Bonchev–Trinajstić information content (AvgIpc) is 2.54. The third-order valence-corrected chi connectivity index (χ3v) is 3.73. The standard InChI is InChI=1S/C19H21ClN2O2/c1-13(2)10-11-21-18(23)14-6-8-15(9-7-14)19(24)22-17-5-3-4-16(20)12-17/h3-9,12-13H,10-11H2,1-2H3,(H,21,23)(H,22,24). The Kier molecular flexibility index (Phi) is 6.38. The number of hydrogen-bond donors (Lipinski definition) is 2. The summed E-state index contributed by atoms with van der Waals surface area (Å²) in [5.74, 6) is 0.171. The zero-order valence-corrected chi connectivity index (χ0v) is 14.6. The highest BCUT2D eigenvalue weighted by Gasteiger charge is 2.09. The number of carbonyl (C=O) groups is 2. The van der Waals surface area contributed by atoms with Gasteiger partial charge in [-0.2, -0.15) is 0 Å². The van der Waals surface area contributed by atoms with Crippen LogP contribution in [0.3, 0.4) is 0 Å². The van der Waals surface area contributed by atoms with Crippen LogP contribution in [-0.2, 0) is 0 Å². The maximum Gasteiger partial charge on any atom is 0.255 e. The van der Waals surface area contributed by atoms with Crippen LogP contribution in [0.5, 0.6) is 0 Å². The van der Waals surface area contributed by atoms with Gasteiger partial charge in [0.1, 0.15) is 0 Å². The minimum Gasteiger partial charge on any atom is -0.352 e. The number of halogens is 1. The van der Waals surface area contributed by atoms with Crippen molar-refractivity contribution in [1.29, 1.82) is 0 Å². The molecular weight excluding hydrogens is 324 g/mol. The van der Waals surface area contributed by atoms with Gasteiger partial charge < -0.3 is 10.6 Å². The Morgan fingerprint density at radius 2 is 1.62 bits per heavy atom. The molecule has 0 atom stereocenters. The molecular formula is C19H21ClN2O2. The molecule has 0 bridgehead atoms. The molecule has 24 heavy (non-hydrogen) atoms. The zero-order chi connectivity index (χ0) is 17.5. The van der Waals surface area contributed by atoms with Crippen molar-refractivity contribution in [1.82, 2.24) is 5.32 Å². The van der Waals surface area contributed by atoms with E-state index in [0.717, 1.165) is 6.42 Å². The Bertz CT molecular complexity index is 712. The fourth-order valence-electron chi connectivity index (χ4n) is 2.12. The van der Waals surface area contributed by atoms with E-state index in [1.54, 1.807) is 48.5 Å². The minimum atomic E-state index is -0.246. The van der Waals surface area contributed by atoms with Gasteiger partial charge in [0.2, 0.25) is 0 Å². The second-order valence-electron chi connectivity index (χ2n) is 5.98. The van der Waals surface area contributed by atoms with Crippen molar-refractivity contribution in [3.8, 4) is 0 Å². The third-order valence-electron chi connectivity index (χ3n) is 3.50. The van der Waals surface area contributed by atoms with E-state index in [1.165, 1.54) is 0 Å². The van der Waals surface area contributed by atoms with Crippen molar-refractivity contribution in [2.24, 2.45) is 5.92 Å². The number of anilines is 1. The van der Waals surface area contributed by atoms with E-state index < -0.39 is 0 Å². The summed E-state index contributed by atoms with van der Waals surface area (Å²) in [6.07, 6.45) is 0.936. The van der Waals surface area contributed by atoms with E-state index in [4.69, 9.17) is 11.6 Å². The fraction of sp³-hybridized carbons (Fsp3) is 0.263. The molecule has 2 aromatic carbocycles. The molecule has 0 heterocycles. The minimum absolute atomic E-state index is 0.127. The summed E-state index contributed by atoms with van der Waals surface area (Å²) in [4.78, 5) is 24.2. The van der Waals surface area contributed by atoms with Crippen molar-refractivity contribution in [3.05, 3.63) is 64.7 Å². The molecule has 0 aliphatic rings. The van der Waals surface area contributed by atoms with E-state index in [2.05, 4.69) is 24.5 Å². The van der Waals surface area contributed by atoms with Crippen molar-refractivity contribution in [2.75, 3.05) is 11.9 Å². The van der Waals surface area contributed by atoms with Crippen LogP contribution in [0.15, 0.2) is 48.5 Å². The number of benzene rings is 2. The van der Waals surface area contributed by atoms with Gasteiger partial charge in [-0.25, -0.2) is 0 Å². The lowest BCUT2D eigenvalue weighted by Crippen LogP contribution is -2.25. The van der Waals surface area contributed by atoms with Gasteiger partial charge in [0.25, 0.3) is 11.8 Å². The summed E-state index contributed by atoms with van der Waals surface area (Å²) >= 11 is 5.90. The summed E-state index contributed by atoms with van der Waals surface area (Å²) in [6, 6.07) is 13.5. The smallest absolute Gasteiger partial charge is 0.255 e. The number of carbonyl (C=O) groups excluding carboxylic acids is 2. The lowest BCUT2D eigenvalue weighted by molar-refractivity contribution is 0.0950. The topological polar surface area (TPSA) is 58.2 Å². The molecule has 0 unspecified atom stereocenters. The third kappa shape index (κ3) is 5.39. The van der Waals surface area contributed by atoms with Crippen molar-refractivity contribution in [3.63, 3.8) is 0 Å². The molecule has 0 fully saturated rings. The summed E-state index contributed by atoms with van der Waals surface area (Å²) < 4.78 is 0. The van der Waals surface area contributed by atoms with Crippen LogP contribution in [0.4, 0.5) is 5.69 Å². The van der Waals surface area contributed by atoms with Gasteiger partial charge in [0.05, 0.1) is 0 Å². The first-order valence-corrected chi connectivity index (χ1v) is 8.28. The van der Waals surface area contributed by atoms with Crippen LogP contribution in [0, 0.1) is 5.92 Å². The van der Waals surface area contributed by atoms with Gasteiger partial charge in [-0.05, 0) is 54.8 Å². The van der Waals surface area contributed by atoms with Crippen molar-refractivity contribution in [2.45, 2.75) is 20.3 Å². The largest absolute Gasteiger partial charge is 0.352 e. The van der Waals surface area contributed by atoms with E-state index in [0.29, 0.717) is 34.3 Å². The van der Waals surface area contributed by atoms with Crippen LogP contribution in [-0.4, -0.2) is 18.4 Å². The molecule has 5 heteroatoms. The summed E-state index contributed by atoms with van der Waals surface area (Å²) in [5, 5.41) is 6.20. The van der Waals surface area contributed by atoms with E-state index >= 15 is 0 Å². The van der Waals surface area contributed by atoms with Gasteiger partial charge in [-0.1, -0.05) is 31.5 Å². The predicted molar refractivity (Wildman–Crippen MR) is 97.6 cm³/mol. The normalized spacial score (nSPS) is 10.5. The molecule has 0 aliphatic heterocycles. The van der Waals surface area contributed by atoms with Crippen LogP contribution in [0.1, 0.15) is 41.0 Å². The first-order valence-electron chi connectivity index (χ1n) is 7.91. The Hall–Kier alpha value is -2.33. The molecule has 0 radical (unpaired) electrons. The highest BCUT2D eigenvalue weighted by molar-refractivity contribution is 6.31. The molecule has 126 valence electrons. The molecule has 0 aromatic heterocycles. The Labute approximate surface area is 147 Å². The lowest BCUT2D eigenvalue weighted by atomic mass is 10.1. The molecule has 2 aromatic rings. The van der Waals surface area contributed by atoms with Crippen LogP contribution < -0.4 is 10.6 Å². The highest BCUT2D eigenvalue weighted by atomic mass is 35.5. The van der Waals surface area contributed by atoms with Gasteiger partial charge in [0.15, 0.2) is 0 Å². The molecule has 2 N–H and O–H groups in total. The molecule has 2 rings (SSSR count). The SMILES string of the molecule is CC(C)CCNC(=O)c1ccc(C(=O)Nc2cccc(Cl)c2)cc1. The Morgan fingerprint density at radius 3 is 2.21 bits per heavy atom. The fourth-order valence-corrected chi connectivity index (χ4v) is 2.31. The van der Waals surface area contributed by atoms with Crippen LogP contribution >= 0.6 is 11.6 Å². The molecule has 4 nitrogen and oxygen atoms in total. The maximum atomic E-state index is 12.2. The zero-order valence-electron chi connectivity index (χ0n) is 13.8. The predicted octanol–water partition coefficient (Wildman–Crippen LogP) is 4.37. The first-order chi connectivity index (χ1) is 11.5. The van der Waals surface area contributed by atoms with Crippen LogP contribution in [0.25, 0.3) is 0 Å². The van der Waals surface area contributed by atoms with Crippen molar-refractivity contribution >= 4 is 29.1 Å². The monoisotopic (exact) mass is 344 g/mol. The summed E-state index contributed by atoms with van der Waals surface area (Å²) in [7, 11) is 0. The number of amides is 2. The van der Waals surface area contributed by atoms with Crippen LogP contribution in [0.2, 0.25) is 5.02 Å². The molecule has 0 saturated carbocycles. The second kappa shape index (κ2) is 8.50. The number of hydrogen-bond acceptors (Lipinski definition) is 2. The van der Waals surface area contributed by atoms with E-state index in [1.807, 2.05) is 0 Å². The Morgan fingerprint density at radius 1 is 1.00 bits per heavy atom. The molecule has 0 saturated heterocycles. The summed E-state index contributed by atoms with van der Waals surface area (Å²) in [5.41, 5.74) is 1.65. The Balaban J connectivity index is 1.95. The van der Waals surface area contributed by atoms with E-state index in [-0.39, 0.29) is 11.8 Å². The number of nitrogens with one attached hydrogen (secondary N) is 2. The maximum absolute atomic E-state index is 12.2. The number of rotatable bonds is 6. The quantitative estimate of drug-likeness (QED) is 0.817. The molecule has 0 aliphatic carbocycles. The average molecular weight is 345 g/mol. The second-order valence-corrected chi connectivity index (χ2v) is 6.42. The molecule has 0 spiro atoms. The highest BCUT2D eigenvalue weighted by Crippen LogP contribution is 2.16. The summed E-state index contributed by atoms with van der Waals surface area (Å²) in [6.45, 7) is 4.87. The van der Waals surface area contributed by atoms with Gasteiger partial charge >= 0.3 is 0 Å². The molecule has 2 amide bonds. The van der Waals surface area contributed by atoms with Gasteiger partial charge in [-0.3, -0.25) is 9.59 Å².